The van der Waals surface area contributed by atoms with Gasteiger partial charge in [0.25, 0.3) is 0 Å². The van der Waals surface area contributed by atoms with Crippen molar-refractivity contribution in [1.29, 1.82) is 0 Å². The van der Waals surface area contributed by atoms with Gasteiger partial charge in [0, 0.05) is 12.1 Å². The van der Waals surface area contributed by atoms with Crippen molar-refractivity contribution in [1.82, 2.24) is 15.2 Å². The second kappa shape index (κ2) is 5.85. The molecule has 1 aliphatic rings. The number of aromatic nitrogens is 3. The maximum atomic E-state index is 4.50. The number of nitrogens with one attached hydrogen (secondary N) is 1. The molecule has 3 aromatic rings. The Morgan fingerprint density at radius 1 is 1.00 bits per heavy atom. The van der Waals surface area contributed by atoms with Crippen LogP contribution in [0.4, 0.5) is 5.13 Å². The molecule has 2 heterocycles. The van der Waals surface area contributed by atoms with E-state index in [1.54, 1.807) is 11.3 Å². The van der Waals surface area contributed by atoms with Crippen molar-refractivity contribution in [3.63, 3.8) is 0 Å². The molecule has 1 N–H and O–H groups in total. The van der Waals surface area contributed by atoms with Gasteiger partial charge in [0.05, 0.1) is 11.7 Å². The number of nitrogens with zero attached hydrogens (tertiary/aromatic N) is 3. The van der Waals surface area contributed by atoms with E-state index >= 15 is 0 Å². The van der Waals surface area contributed by atoms with Gasteiger partial charge in [-0.15, -0.1) is 10.2 Å². The third-order valence-corrected chi connectivity index (χ3v) is 4.77. The summed E-state index contributed by atoms with van der Waals surface area (Å²) in [5.74, 6) is 0.637. The van der Waals surface area contributed by atoms with Gasteiger partial charge >= 0.3 is 0 Å². The zero-order chi connectivity index (χ0) is 14.8. The molecule has 0 radical (unpaired) electrons. The molecule has 2 aromatic heterocycles. The smallest absolute Gasteiger partial charge is 0.206 e. The zero-order valence-electron chi connectivity index (χ0n) is 12.0. The van der Waals surface area contributed by atoms with Crippen molar-refractivity contribution in [2.75, 3.05) is 5.32 Å². The SMILES string of the molecule is c1ccc(C(Nc2nnc(C3CC3)s2)c2ccccn2)cc1. The molecule has 0 amide bonds. The van der Waals surface area contributed by atoms with E-state index in [-0.39, 0.29) is 6.04 Å². The molecule has 1 saturated carbocycles. The van der Waals surface area contributed by atoms with Gasteiger partial charge in [-0.2, -0.15) is 0 Å². The molecule has 4 nitrogen and oxygen atoms in total. The number of hydrogen-bond acceptors (Lipinski definition) is 5. The topological polar surface area (TPSA) is 50.7 Å². The van der Waals surface area contributed by atoms with Crippen molar-refractivity contribution in [3.05, 3.63) is 71.0 Å². The minimum absolute atomic E-state index is 0.0117. The van der Waals surface area contributed by atoms with Crippen LogP contribution in [0.15, 0.2) is 54.7 Å². The summed E-state index contributed by atoms with van der Waals surface area (Å²) < 4.78 is 0. The third-order valence-electron chi connectivity index (χ3n) is 3.75. The molecule has 1 aliphatic carbocycles. The molecule has 22 heavy (non-hydrogen) atoms. The predicted octanol–water partition coefficient (Wildman–Crippen LogP) is 4.01. The lowest BCUT2D eigenvalue weighted by molar-refractivity contribution is 0.873. The van der Waals surface area contributed by atoms with E-state index in [0.29, 0.717) is 5.92 Å². The fraction of sp³-hybridized carbons (Fsp3) is 0.235. The van der Waals surface area contributed by atoms with Gasteiger partial charge in [0.15, 0.2) is 0 Å². The molecule has 0 spiro atoms. The molecule has 0 aliphatic heterocycles. The molecule has 0 bridgehead atoms. The van der Waals surface area contributed by atoms with E-state index in [1.807, 2.05) is 42.6 Å². The molecule has 110 valence electrons. The Bertz CT molecular complexity index is 698. The molecule has 5 heteroatoms. The standard InChI is InChI=1S/C17H16N4S/c1-2-6-12(7-3-1)15(14-8-4-5-11-18-14)19-17-21-20-16(22-17)13-9-10-13/h1-8,11,13,15H,9-10H2,(H,19,21). The van der Waals surface area contributed by atoms with Gasteiger partial charge in [0.1, 0.15) is 5.01 Å². The highest BCUT2D eigenvalue weighted by Crippen LogP contribution is 2.42. The Morgan fingerprint density at radius 2 is 1.82 bits per heavy atom. The summed E-state index contributed by atoms with van der Waals surface area (Å²) in [4.78, 5) is 4.50. The Morgan fingerprint density at radius 3 is 2.55 bits per heavy atom. The lowest BCUT2D eigenvalue weighted by Gasteiger charge is -2.17. The summed E-state index contributed by atoms with van der Waals surface area (Å²) >= 11 is 1.66. The van der Waals surface area contributed by atoms with E-state index in [1.165, 1.54) is 18.4 Å². The Kier molecular flexibility index (Phi) is 3.56. The molecular weight excluding hydrogens is 292 g/mol. The van der Waals surface area contributed by atoms with Gasteiger partial charge in [0.2, 0.25) is 5.13 Å². The largest absolute Gasteiger partial charge is 0.348 e. The van der Waals surface area contributed by atoms with Crippen molar-refractivity contribution in [2.24, 2.45) is 0 Å². The first-order chi connectivity index (χ1) is 10.9. The van der Waals surface area contributed by atoms with E-state index in [0.717, 1.165) is 15.8 Å². The maximum Gasteiger partial charge on any atom is 0.206 e. The van der Waals surface area contributed by atoms with Crippen LogP contribution in [0.3, 0.4) is 0 Å². The Balaban J connectivity index is 1.64. The number of benzene rings is 1. The second-order valence-electron chi connectivity index (χ2n) is 5.46. The second-order valence-corrected chi connectivity index (χ2v) is 6.47. The molecule has 1 fully saturated rings. The van der Waals surface area contributed by atoms with Crippen LogP contribution < -0.4 is 5.32 Å². The number of hydrogen-bond donors (Lipinski definition) is 1. The van der Waals surface area contributed by atoms with E-state index in [4.69, 9.17) is 0 Å². The lowest BCUT2D eigenvalue weighted by atomic mass is 10.0. The molecule has 1 aromatic carbocycles. The van der Waals surface area contributed by atoms with Crippen LogP contribution >= 0.6 is 11.3 Å². The first-order valence-electron chi connectivity index (χ1n) is 7.46. The summed E-state index contributed by atoms with van der Waals surface area (Å²) in [6.07, 6.45) is 4.32. The normalized spacial score (nSPS) is 15.5. The van der Waals surface area contributed by atoms with E-state index < -0.39 is 0 Å². The zero-order valence-corrected chi connectivity index (χ0v) is 12.8. The van der Waals surface area contributed by atoms with Crippen LogP contribution in [-0.2, 0) is 0 Å². The van der Waals surface area contributed by atoms with Crippen molar-refractivity contribution in [2.45, 2.75) is 24.8 Å². The van der Waals surface area contributed by atoms with Gasteiger partial charge in [-0.3, -0.25) is 4.98 Å². The first-order valence-corrected chi connectivity index (χ1v) is 8.27. The van der Waals surface area contributed by atoms with Crippen LogP contribution in [0.5, 0.6) is 0 Å². The fourth-order valence-corrected chi connectivity index (χ4v) is 3.37. The Labute approximate surface area is 133 Å². The number of anilines is 1. The number of rotatable bonds is 5. The average Bonchev–Trinajstić information content (AvgIpc) is 3.33. The average molecular weight is 308 g/mol. The highest BCUT2D eigenvalue weighted by Gasteiger charge is 2.28. The lowest BCUT2D eigenvalue weighted by Crippen LogP contribution is -2.13. The van der Waals surface area contributed by atoms with Crippen molar-refractivity contribution < 1.29 is 0 Å². The molecule has 0 saturated heterocycles. The fourth-order valence-electron chi connectivity index (χ4n) is 2.43. The van der Waals surface area contributed by atoms with Crippen LogP contribution in [-0.4, -0.2) is 15.2 Å². The Hall–Kier alpha value is -2.27. The minimum Gasteiger partial charge on any atom is -0.348 e. The number of pyridine rings is 1. The summed E-state index contributed by atoms with van der Waals surface area (Å²) in [6, 6.07) is 16.3. The third kappa shape index (κ3) is 2.85. The molecule has 1 atom stereocenters. The van der Waals surface area contributed by atoms with Crippen LogP contribution in [0.2, 0.25) is 0 Å². The van der Waals surface area contributed by atoms with Gasteiger partial charge < -0.3 is 5.32 Å². The quantitative estimate of drug-likeness (QED) is 0.773. The monoisotopic (exact) mass is 308 g/mol. The van der Waals surface area contributed by atoms with Gasteiger partial charge in [-0.25, -0.2) is 0 Å². The summed E-state index contributed by atoms with van der Waals surface area (Å²) in [5.41, 5.74) is 2.15. The highest BCUT2D eigenvalue weighted by molar-refractivity contribution is 7.15. The van der Waals surface area contributed by atoms with E-state index in [2.05, 4.69) is 32.6 Å². The summed E-state index contributed by atoms with van der Waals surface area (Å²) in [6.45, 7) is 0. The molecular formula is C17H16N4S. The van der Waals surface area contributed by atoms with Gasteiger partial charge in [-0.05, 0) is 30.5 Å². The van der Waals surface area contributed by atoms with Crippen LogP contribution in [0.1, 0.15) is 41.1 Å². The summed E-state index contributed by atoms with van der Waals surface area (Å²) in [5, 5.41) is 14.1. The first kappa shape index (κ1) is 13.4. The molecule has 1 unspecified atom stereocenters. The minimum atomic E-state index is -0.0117. The predicted molar refractivity (Wildman–Crippen MR) is 88.0 cm³/mol. The molecule has 4 rings (SSSR count). The highest BCUT2D eigenvalue weighted by atomic mass is 32.1. The van der Waals surface area contributed by atoms with Crippen molar-refractivity contribution >= 4 is 16.5 Å². The van der Waals surface area contributed by atoms with Crippen LogP contribution in [0.25, 0.3) is 0 Å². The van der Waals surface area contributed by atoms with Gasteiger partial charge in [-0.1, -0.05) is 47.7 Å². The van der Waals surface area contributed by atoms with E-state index in [9.17, 15) is 0 Å². The maximum absolute atomic E-state index is 4.50. The van der Waals surface area contributed by atoms with Crippen LogP contribution in [0, 0.1) is 0 Å². The van der Waals surface area contributed by atoms with Crippen molar-refractivity contribution in [3.8, 4) is 0 Å². The summed E-state index contributed by atoms with van der Waals surface area (Å²) in [7, 11) is 0.